The molecule has 0 aliphatic rings. The van der Waals surface area contributed by atoms with Gasteiger partial charge < -0.3 is 0 Å². The van der Waals surface area contributed by atoms with Crippen LogP contribution >= 0.6 is 27.5 Å². The van der Waals surface area contributed by atoms with Crippen LogP contribution in [-0.2, 0) is 0 Å². The Kier molecular flexibility index (Phi) is 6.83. The van der Waals surface area contributed by atoms with Crippen LogP contribution in [0.2, 0.25) is 5.02 Å². The number of nitrogens with zero attached hydrogens (tertiary/aromatic N) is 6. The summed E-state index contributed by atoms with van der Waals surface area (Å²) in [5.74, 6) is 0. The number of aromatic amines is 2. The second kappa shape index (κ2) is 10.9. The van der Waals surface area contributed by atoms with Gasteiger partial charge in [-0.3, -0.25) is 39.7 Å². The van der Waals surface area contributed by atoms with Gasteiger partial charge in [-0.15, -0.1) is 0 Å². The lowest BCUT2D eigenvalue weighted by atomic mass is 10.2. The van der Waals surface area contributed by atoms with E-state index >= 15 is 0 Å². The monoisotopic (exact) mass is 664 g/mol. The molecule has 6 heterocycles. The Morgan fingerprint density at radius 2 is 1.18 bits per heavy atom. The third kappa shape index (κ3) is 4.85. The van der Waals surface area contributed by atoms with Crippen molar-refractivity contribution < 1.29 is 0 Å². The zero-order valence-corrected chi connectivity index (χ0v) is 25.7. The number of benzene rings is 2. The predicted octanol–water partition coefficient (Wildman–Crippen LogP) is 6.56. The van der Waals surface area contributed by atoms with Gasteiger partial charge >= 0.3 is 0 Å². The van der Waals surface area contributed by atoms with Crippen LogP contribution in [0, 0.1) is 13.8 Å². The molecule has 2 N–H and O–H groups in total. The van der Waals surface area contributed by atoms with Crippen LogP contribution in [0.25, 0.3) is 55.0 Å². The lowest BCUT2D eigenvalue weighted by Gasteiger charge is -2.01. The van der Waals surface area contributed by atoms with E-state index in [2.05, 4.69) is 46.1 Å². The molecule has 0 saturated carbocycles. The minimum atomic E-state index is -0.157. The number of hydrogen-bond acceptors (Lipinski definition) is 6. The van der Waals surface area contributed by atoms with Gasteiger partial charge in [-0.1, -0.05) is 27.5 Å². The van der Waals surface area contributed by atoms with Crippen molar-refractivity contribution in [1.82, 2.24) is 39.5 Å². The van der Waals surface area contributed by atoms with Crippen molar-refractivity contribution in [2.24, 2.45) is 0 Å². The maximum atomic E-state index is 12.6. The third-order valence-electron chi connectivity index (χ3n) is 7.28. The van der Waals surface area contributed by atoms with Crippen molar-refractivity contribution >= 4 is 71.1 Å². The van der Waals surface area contributed by atoms with Crippen LogP contribution in [0.1, 0.15) is 11.4 Å². The number of pyridine rings is 4. The lowest BCUT2D eigenvalue weighted by molar-refractivity contribution is 0.856. The average Bonchev–Trinajstić information content (AvgIpc) is 3.55. The van der Waals surface area contributed by atoms with E-state index in [1.807, 2.05) is 62.4 Å². The standard InChI is InChI=1S/C16H11BrN4O.C16H11ClN4O/c1-9-2-4-11(7-18-9)21-16(22)13-8-19-14-6-10(17)3-5-12(14)15(13)20-21;1-9-2-4-11(7-18-9)21-16(22)13-8-19-14-5-3-10(17)6-12(14)15(13)20-21/h2*2-8,20H,1H3. The van der Waals surface area contributed by atoms with Crippen LogP contribution in [-0.4, -0.2) is 39.5 Å². The van der Waals surface area contributed by atoms with Crippen LogP contribution < -0.4 is 11.1 Å². The molecule has 0 spiro atoms. The lowest BCUT2D eigenvalue weighted by Crippen LogP contribution is -2.14. The highest BCUT2D eigenvalue weighted by Gasteiger charge is 2.14. The number of halogens is 2. The first-order valence-corrected chi connectivity index (χ1v) is 14.7. The Bertz CT molecular complexity index is 2480. The van der Waals surface area contributed by atoms with E-state index in [4.69, 9.17) is 11.6 Å². The van der Waals surface area contributed by atoms with Crippen molar-refractivity contribution in [2.45, 2.75) is 13.8 Å². The Labute approximate surface area is 262 Å². The molecule has 0 radical (unpaired) electrons. The van der Waals surface area contributed by atoms with Crippen LogP contribution in [0.3, 0.4) is 0 Å². The number of H-pyrrole nitrogens is 2. The fourth-order valence-corrected chi connectivity index (χ4v) is 5.53. The summed E-state index contributed by atoms with van der Waals surface area (Å²) in [5, 5.41) is 9.73. The Morgan fingerprint density at radius 3 is 1.75 bits per heavy atom. The van der Waals surface area contributed by atoms with E-state index in [-0.39, 0.29) is 11.1 Å². The number of fused-ring (bicyclic) bond motifs is 6. The molecular weight excluding hydrogens is 644 g/mol. The first kappa shape index (κ1) is 27.7. The zero-order valence-electron chi connectivity index (χ0n) is 23.3. The summed E-state index contributed by atoms with van der Waals surface area (Å²) in [6, 6.07) is 18.7. The number of aryl methyl sites for hydroxylation is 2. The molecule has 2 aromatic carbocycles. The van der Waals surface area contributed by atoms with E-state index in [0.29, 0.717) is 27.2 Å². The third-order valence-corrected chi connectivity index (χ3v) is 8.01. The van der Waals surface area contributed by atoms with Gasteiger partial charge in [0.15, 0.2) is 0 Å². The van der Waals surface area contributed by atoms with Crippen LogP contribution in [0.15, 0.2) is 99.5 Å². The molecule has 0 bridgehead atoms. The van der Waals surface area contributed by atoms with Crippen molar-refractivity contribution in [3.05, 3.63) is 127 Å². The van der Waals surface area contributed by atoms with E-state index in [1.54, 1.807) is 36.9 Å². The summed E-state index contributed by atoms with van der Waals surface area (Å²) in [5.41, 5.74) is 6.02. The van der Waals surface area contributed by atoms with Crippen molar-refractivity contribution in [3.8, 4) is 11.4 Å². The maximum absolute atomic E-state index is 12.6. The number of aromatic nitrogens is 8. The molecule has 12 heteroatoms. The quantitative estimate of drug-likeness (QED) is 0.215. The first-order valence-electron chi connectivity index (χ1n) is 13.5. The minimum absolute atomic E-state index is 0.127. The van der Waals surface area contributed by atoms with Crippen molar-refractivity contribution in [3.63, 3.8) is 0 Å². The molecule has 0 amide bonds. The van der Waals surface area contributed by atoms with Gasteiger partial charge in [-0.2, -0.15) is 0 Å². The number of hydrogen-bond donors (Lipinski definition) is 2. The van der Waals surface area contributed by atoms with E-state index in [1.165, 1.54) is 9.36 Å². The molecule has 6 aromatic heterocycles. The van der Waals surface area contributed by atoms with Crippen LogP contribution in [0.4, 0.5) is 0 Å². The molecular formula is C32H22BrClN8O2. The first-order chi connectivity index (χ1) is 21.3. The van der Waals surface area contributed by atoms with Gasteiger partial charge in [0, 0.05) is 44.0 Å². The van der Waals surface area contributed by atoms with Gasteiger partial charge in [0.25, 0.3) is 11.1 Å². The summed E-state index contributed by atoms with van der Waals surface area (Å²) in [7, 11) is 0. The molecule has 0 atom stereocenters. The highest BCUT2D eigenvalue weighted by molar-refractivity contribution is 9.10. The van der Waals surface area contributed by atoms with Crippen LogP contribution in [0.5, 0.6) is 0 Å². The highest BCUT2D eigenvalue weighted by atomic mass is 79.9. The van der Waals surface area contributed by atoms with E-state index in [9.17, 15) is 9.59 Å². The van der Waals surface area contributed by atoms with Gasteiger partial charge in [0.2, 0.25) is 0 Å². The molecule has 44 heavy (non-hydrogen) atoms. The van der Waals surface area contributed by atoms with Gasteiger partial charge in [0.05, 0.1) is 56.6 Å². The number of rotatable bonds is 2. The molecule has 0 aliphatic carbocycles. The summed E-state index contributed by atoms with van der Waals surface area (Å²) in [4.78, 5) is 42.3. The van der Waals surface area contributed by atoms with Crippen molar-refractivity contribution in [1.29, 1.82) is 0 Å². The van der Waals surface area contributed by atoms with Crippen molar-refractivity contribution in [2.75, 3.05) is 0 Å². The largest absolute Gasteiger partial charge is 0.289 e. The second-order valence-corrected chi connectivity index (χ2v) is 11.6. The highest BCUT2D eigenvalue weighted by Crippen LogP contribution is 2.25. The molecule has 8 rings (SSSR count). The fraction of sp³-hybridized carbons (Fsp3) is 0.0625. The Morgan fingerprint density at radius 1 is 0.614 bits per heavy atom. The minimum Gasteiger partial charge on any atom is -0.289 e. The average molecular weight is 666 g/mol. The second-order valence-electron chi connectivity index (χ2n) is 10.2. The van der Waals surface area contributed by atoms with Gasteiger partial charge in [-0.25, -0.2) is 9.36 Å². The smallest absolute Gasteiger partial charge is 0.280 e. The number of nitrogens with one attached hydrogen (secondary N) is 2. The SMILES string of the molecule is Cc1ccc(-n2[nH]c3c(cnc4cc(Br)ccc43)c2=O)cn1.Cc1ccc(-n2[nH]c3c(cnc4ccc(Cl)cc43)c2=O)cn1. The summed E-state index contributed by atoms with van der Waals surface area (Å²) < 4.78 is 3.93. The summed E-state index contributed by atoms with van der Waals surface area (Å²) in [6.07, 6.45) is 6.54. The van der Waals surface area contributed by atoms with E-state index < -0.39 is 0 Å². The maximum Gasteiger partial charge on any atom is 0.280 e. The Balaban J connectivity index is 0.000000142. The van der Waals surface area contributed by atoms with Gasteiger partial charge in [-0.05, 0) is 74.5 Å². The predicted molar refractivity (Wildman–Crippen MR) is 176 cm³/mol. The fourth-order valence-electron chi connectivity index (χ4n) is 5.01. The molecule has 0 unspecified atom stereocenters. The summed E-state index contributed by atoms with van der Waals surface area (Å²) >= 11 is 9.50. The summed E-state index contributed by atoms with van der Waals surface area (Å²) in [6.45, 7) is 3.81. The molecule has 0 aliphatic heterocycles. The molecule has 0 fully saturated rings. The normalized spacial score (nSPS) is 11.4. The molecule has 0 saturated heterocycles. The molecule has 216 valence electrons. The Hall–Kier alpha value is -5.13. The zero-order chi connectivity index (χ0) is 30.5. The van der Waals surface area contributed by atoms with E-state index in [0.717, 1.165) is 48.7 Å². The molecule has 10 nitrogen and oxygen atoms in total. The topological polar surface area (TPSA) is 127 Å². The van der Waals surface area contributed by atoms with Gasteiger partial charge in [0.1, 0.15) is 0 Å². The molecule has 8 aromatic rings.